The molecule has 0 aliphatic carbocycles. The number of rotatable bonds is 6. The summed E-state index contributed by atoms with van der Waals surface area (Å²) in [5, 5.41) is 8.89. The van der Waals surface area contributed by atoms with Crippen LogP contribution in [0.2, 0.25) is 0 Å². The number of ether oxygens (including phenoxy) is 2. The molecular weight excluding hydrogens is 288 g/mol. The number of hydrogen-bond donors (Lipinski definition) is 1. The van der Waals surface area contributed by atoms with Crippen LogP contribution < -0.4 is 4.74 Å². The maximum Gasteiger partial charge on any atom is 0.336 e. The molecule has 94 valence electrons. The molecule has 0 radical (unpaired) electrons. The van der Waals surface area contributed by atoms with Gasteiger partial charge in [0, 0.05) is 11.1 Å². The summed E-state index contributed by atoms with van der Waals surface area (Å²) in [5.74, 6) is -0.357. The van der Waals surface area contributed by atoms with Crippen LogP contribution in [-0.2, 0) is 9.53 Å². The van der Waals surface area contributed by atoms with Gasteiger partial charge in [-0.15, -0.1) is 0 Å². The van der Waals surface area contributed by atoms with Gasteiger partial charge in [-0.25, -0.2) is 4.79 Å². The summed E-state index contributed by atoms with van der Waals surface area (Å²) in [6, 6.07) is 5.61. The fourth-order valence-corrected chi connectivity index (χ4v) is 1.63. The van der Waals surface area contributed by atoms with Crippen LogP contribution in [0.3, 0.4) is 0 Å². The van der Waals surface area contributed by atoms with E-state index in [0.717, 1.165) is 10.0 Å². The van der Waals surface area contributed by atoms with E-state index in [1.165, 1.54) is 0 Å². The van der Waals surface area contributed by atoms with E-state index in [9.17, 15) is 4.79 Å². The molecule has 4 nitrogen and oxygen atoms in total. The minimum Gasteiger partial charge on any atom is -0.490 e. The fraction of sp³-hybridized carbons (Fsp3) is 0.417. The Labute approximate surface area is 109 Å². The predicted molar refractivity (Wildman–Crippen MR) is 67.4 cm³/mol. The zero-order valence-electron chi connectivity index (χ0n) is 9.77. The minimum absolute atomic E-state index is 0.000463. The Morgan fingerprint density at radius 3 is 2.82 bits per heavy atom. The summed E-state index contributed by atoms with van der Waals surface area (Å²) >= 11 is 3.34. The number of aliphatic carboxylic acids is 1. The van der Waals surface area contributed by atoms with Crippen molar-refractivity contribution in [1.29, 1.82) is 0 Å². The maximum absolute atomic E-state index is 10.8. The molecule has 1 atom stereocenters. The summed E-state index contributed by atoms with van der Waals surface area (Å²) in [6.07, 6.45) is -0.932. The van der Waals surface area contributed by atoms with E-state index < -0.39 is 12.1 Å². The maximum atomic E-state index is 10.8. The molecule has 5 heteroatoms. The Kier molecular flexibility index (Phi) is 5.44. The molecule has 1 N–H and O–H groups in total. The number of hydrogen-bond acceptors (Lipinski definition) is 3. The normalized spacial score (nSPS) is 12.2. The van der Waals surface area contributed by atoms with E-state index in [2.05, 4.69) is 15.9 Å². The number of aryl methyl sites for hydroxylation is 1. The monoisotopic (exact) mass is 302 g/mol. The van der Waals surface area contributed by atoms with E-state index in [1.807, 2.05) is 19.1 Å². The second-order valence-corrected chi connectivity index (χ2v) is 4.42. The fourth-order valence-electron chi connectivity index (χ4n) is 1.29. The molecule has 1 rings (SSSR count). The molecule has 0 bridgehead atoms. The van der Waals surface area contributed by atoms with Crippen LogP contribution in [0.1, 0.15) is 12.5 Å². The number of benzene rings is 1. The zero-order chi connectivity index (χ0) is 12.8. The largest absolute Gasteiger partial charge is 0.490 e. The Morgan fingerprint density at radius 2 is 2.24 bits per heavy atom. The van der Waals surface area contributed by atoms with Gasteiger partial charge in [0.25, 0.3) is 0 Å². The van der Waals surface area contributed by atoms with E-state index >= 15 is 0 Å². The first kappa shape index (κ1) is 14.0. The van der Waals surface area contributed by atoms with Gasteiger partial charge in [0.2, 0.25) is 0 Å². The third kappa shape index (κ3) is 4.36. The Morgan fingerprint density at radius 1 is 1.53 bits per heavy atom. The van der Waals surface area contributed by atoms with Gasteiger partial charge in [0.15, 0.2) is 6.10 Å². The SMILES string of the molecule is CCOC(COc1cc(Br)ccc1C)C(=O)O. The highest BCUT2D eigenvalue weighted by Crippen LogP contribution is 2.23. The van der Waals surface area contributed by atoms with Crippen molar-refractivity contribution in [2.75, 3.05) is 13.2 Å². The predicted octanol–water partition coefficient (Wildman–Crippen LogP) is 2.63. The molecule has 1 aromatic rings. The summed E-state index contributed by atoms with van der Waals surface area (Å²) in [7, 11) is 0. The lowest BCUT2D eigenvalue weighted by Crippen LogP contribution is -2.30. The molecule has 0 aliphatic heterocycles. The Hall–Kier alpha value is -1.07. The van der Waals surface area contributed by atoms with Crippen LogP contribution in [0, 0.1) is 6.92 Å². The molecule has 0 amide bonds. The van der Waals surface area contributed by atoms with Crippen molar-refractivity contribution >= 4 is 21.9 Å². The lowest BCUT2D eigenvalue weighted by Gasteiger charge is -2.15. The van der Waals surface area contributed by atoms with Crippen molar-refractivity contribution in [2.24, 2.45) is 0 Å². The summed E-state index contributed by atoms with van der Waals surface area (Å²) in [4.78, 5) is 10.8. The van der Waals surface area contributed by atoms with Crippen molar-refractivity contribution in [3.63, 3.8) is 0 Å². The molecule has 1 aromatic carbocycles. The topological polar surface area (TPSA) is 55.8 Å². The van der Waals surface area contributed by atoms with Gasteiger partial charge in [-0.1, -0.05) is 22.0 Å². The molecule has 0 saturated carbocycles. The van der Waals surface area contributed by atoms with Crippen LogP contribution in [-0.4, -0.2) is 30.4 Å². The van der Waals surface area contributed by atoms with Crippen molar-refractivity contribution in [1.82, 2.24) is 0 Å². The lowest BCUT2D eigenvalue weighted by molar-refractivity contribution is -0.152. The summed E-state index contributed by atoms with van der Waals surface area (Å²) in [5.41, 5.74) is 0.953. The van der Waals surface area contributed by atoms with Gasteiger partial charge in [0.05, 0.1) is 0 Å². The Balaban J connectivity index is 2.64. The first-order valence-electron chi connectivity index (χ1n) is 5.28. The van der Waals surface area contributed by atoms with Crippen LogP contribution in [0.5, 0.6) is 5.75 Å². The number of carboxylic acids is 1. The van der Waals surface area contributed by atoms with E-state index in [1.54, 1.807) is 13.0 Å². The highest BCUT2D eigenvalue weighted by molar-refractivity contribution is 9.10. The highest BCUT2D eigenvalue weighted by Gasteiger charge is 2.18. The molecule has 0 aromatic heterocycles. The average Bonchev–Trinajstić information content (AvgIpc) is 2.28. The van der Waals surface area contributed by atoms with Gasteiger partial charge in [-0.05, 0) is 31.5 Å². The molecule has 0 heterocycles. The third-order valence-corrected chi connectivity index (χ3v) is 2.68. The zero-order valence-corrected chi connectivity index (χ0v) is 11.4. The Bertz CT molecular complexity index is 392. The second-order valence-electron chi connectivity index (χ2n) is 3.50. The first-order chi connectivity index (χ1) is 8.04. The number of halogens is 1. The summed E-state index contributed by atoms with van der Waals surface area (Å²) < 4.78 is 11.4. The molecule has 17 heavy (non-hydrogen) atoms. The molecule has 0 spiro atoms. The second kappa shape index (κ2) is 6.61. The first-order valence-corrected chi connectivity index (χ1v) is 6.07. The van der Waals surface area contributed by atoms with E-state index in [4.69, 9.17) is 14.6 Å². The van der Waals surface area contributed by atoms with E-state index in [0.29, 0.717) is 12.4 Å². The standard InChI is InChI=1S/C12H15BrO4/c1-3-16-11(12(14)15)7-17-10-6-9(13)5-4-8(10)2/h4-6,11H,3,7H2,1-2H3,(H,14,15). The molecule has 0 saturated heterocycles. The van der Waals surface area contributed by atoms with Gasteiger partial charge >= 0.3 is 5.97 Å². The van der Waals surface area contributed by atoms with E-state index in [-0.39, 0.29) is 6.61 Å². The van der Waals surface area contributed by atoms with Crippen molar-refractivity contribution < 1.29 is 19.4 Å². The van der Waals surface area contributed by atoms with Gasteiger partial charge in [-0.3, -0.25) is 0 Å². The van der Waals surface area contributed by atoms with Crippen molar-refractivity contribution in [2.45, 2.75) is 20.0 Å². The smallest absolute Gasteiger partial charge is 0.336 e. The van der Waals surface area contributed by atoms with Gasteiger partial charge < -0.3 is 14.6 Å². The van der Waals surface area contributed by atoms with Crippen LogP contribution in [0.4, 0.5) is 0 Å². The summed E-state index contributed by atoms with van der Waals surface area (Å²) in [6.45, 7) is 4.00. The number of carboxylic acid groups (broad SMARTS) is 1. The van der Waals surface area contributed by atoms with Gasteiger partial charge in [0.1, 0.15) is 12.4 Å². The van der Waals surface area contributed by atoms with Gasteiger partial charge in [-0.2, -0.15) is 0 Å². The average molecular weight is 303 g/mol. The van der Waals surface area contributed by atoms with Crippen molar-refractivity contribution in [3.8, 4) is 5.75 Å². The molecule has 0 fully saturated rings. The van der Waals surface area contributed by atoms with Crippen molar-refractivity contribution in [3.05, 3.63) is 28.2 Å². The molecule has 1 unspecified atom stereocenters. The minimum atomic E-state index is -1.01. The molecular formula is C12H15BrO4. The quantitative estimate of drug-likeness (QED) is 0.877. The third-order valence-electron chi connectivity index (χ3n) is 2.18. The molecule has 0 aliphatic rings. The highest BCUT2D eigenvalue weighted by atomic mass is 79.9. The van der Waals surface area contributed by atoms with Crippen LogP contribution in [0.15, 0.2) is 22.7 Å². The lowest BCUT2D eigenvalue weighted by atomic mass is 10.2. The number of carbonyl (C=O) groups is 1. The van der Waals surface area contributed by atoms with Crippen LogP contribution in [0.25, 0.3) is 0 Å². The van der Waals surface area contributed by atoms with Crippen LogP contribution >= 0.6 is 15.9 Å².